The van der Waals surface area contributed by atoms with Gasteiger partial charge in [0.15, 0.2) is 0 Å². The molecule has 10 nitrogen and oxygen atoms in total. The van der Waals surface area contributed by atoms with Gasteiger partial charge < -0.3 is 24.3 Å². The highest BCUT2D eigenvalue weighted by atomic mass is 32.2. The first-order valence-corrected chi connectivity index (χ1v) is 21.7. The standard InChI is InChI=1S/C40H59N5O5S/c1-3-9-30-10-5-4-6-11-32(28-30)39(46)50-34-19-23-44(24-20-34)29-31-14-16-33(17-15-31)42-40-41-22-18-38(43-40)45-25-21-35-36(45)12-7-13-37(35)49-26-8-27-51(2,47)48/h7,12-13,18,21-22,25,30-34H,3-6,8-11,14-17,19-20,23-24,26-29H2,1-2H3,(H,41,42,43)/t30-,31?,32?,33?/m0/s1. The van der Waals surface area contributed by atoms with Gasteiger partial charge in [0, 0.05) is 49.7 Å². The van der Waals surface area contributed by atoms with Crippen LogP contribution >= 0.6 is 0 Å². The summed E-state index contributed by atoms with van der Waals surface area (Å²) in [6.45, 7) is 5.77. The first kappa shape index (κ1) is 37.6. The molecule has 0 spiro atoms. The van der Waals surface area contributed by atoms with Crippen molar-refractivity contribution in [3.8, 4) is 11.6 Å². The van der Waals surface area contributed by atoms with E-state index in [4.69, 9.17) is 14.5 Å². The van der Waals surface area contributed by atoms with Crippen molar-refractivity contribution in [2.45, 2.75) is 115 Å². The number of likely N-dealkylation sites (tertiary alicyclic amines) is 1. The molecule has 6 rings (SSSR count). The Morgan fingerprint density at radius 2 is 1.76 bits per heavy atom. The first-order chi connectivity index (χ1) is 24.7. The number of nitrogens with one attached hydrogen (secondary N) is 1. The van der Waals surface area contributed by atoms with Crippen LogP contribution < -0.4 is 10.1 Å². The van der Waals surface area contributed by atoms with Gasteiger partial charge >= 0.3 is 5.97 Å². The van der Waals surface area contributed by atoms with E-state index in [-0.39, 0.29) is 23.7 Å². The second-order valence-corrected chi connectivity index (χ2v) is 17.7. The summed E-state index contributed by atoms with van der Waals surface area (Å²) >= 11 is 0. The topological polar surface area (TPSA) is 116 Å². The third-order valence-corrected chi connectivity index (χ3v) is 12.4. The Balaban J connectivity index is 0.933. The fourth-order valence-corrected chi connectivity index (χ4v) is 9.19. The summed E-state index contributed by atoms with van der Waals surface area (Å²) < 4.78 is 37.1. The minimum atomic E-state index is -3.01. The Morgan fingerprint density at radius 3 is 2.55 bits per heavy atom. The summed E-state index contributed by atoms with van der Waals surface area (Å²) in [5.41, 5.74) is 0.971. The van der Waals surface area contributed by atoms with E-state index in [1.54, 1.807) is 6.20 Å². The van der Waals surface area contributed by atoms with Crippen LogP contribution in [-0.4, -0.2) is 84.2 Å². The molecular weight excluding hydrogens is 663 g/mol. The average Bonchev–Trinajstić information content (AvgIpc) is 3.54. The van der Waals surface area contributed by atoms with Crippen LogP contribution in [0.5, 0.6) is 5.75 Å². The lowest BCUT2D eigenvalue weighted by molar-refractivity contribution is -0.157. The van der Waals surface area contributed by atoms with Gasteiger partial charge in [0.05, 0.1) is 23.8 Å². The van der Waals surface area contributed by atoms with Crippen molar-refractivity contribution in [1.29, 1.82) is 0 Å². The molecule has 51 heavy (non-hydrogen) atoms. The molecule has 2 aliphatic carbocycles. The predicted octanol–water partition coefficient (Wildman–Crippen LogP) is 7.60. The number of anilines is 1. The number of ether oxygens (including phenoxy) is 2. The summed E-state index contributed by atoms with van der Waals surface area (Å²) in [6, 6.07) is 10.2. The van der Waals surface area contributed by atoms with Gasteiger partial charge in [-0.05, 0) is 93.9 Å². The Hall–Kier alpha value is -3.18. The number of hydrogen-bond donors (Lipinski definition) is 1. The van der Waals surface area contributed by atoms with Crippen molar-refractivity contribution in [3.63, 3.8) is 0 Å². The SMILES string of the molecule is CCC[C@H]1CCCCCC(C(=O)OC2CCN(CC3CCC(Nc4nccc(-n5ccc6c(OCCCS(C)(=O)=O)cccc65)n4)CC3)CC2)C1. The molecule has 1 N–H and O–H groups in total. The molecule has 0 radical (unpaired) electrons. The van der Waals surface area contributed by atoms with Crippen LogP contribution in [0.2, 0.25) is 0 Å². The maximum Gasteiger partial charge on any atom is 0.309 e. The van der Waals surface area contributed by atoms with Crippen LogP contribution in [0.25, 0.3) is 16.7 Å². The van der Waals surface area contributed by atoms with Gasteiger partial charge in [-0.3, -0.25) is 4.79 Å². The second kappa shape index (κ2) is 18.0. The molecule has 3 aromatic rings. The van der Waals surface area contributed by atoms with Crippen LogP contribution in [0.15, 0.2) is 42.7 Å². The fraction of sp³-hybridized carbons (Fsp3) is 0.675. The number of rotatable bonds is 14. The van der Waals surface area contributed by atoms with Crippen LogP contribution in [0.3, 0.4) is 0 Å². The number of hydrogen-bond acceptors (Lipinski definition) is 9. The van der Waals surface area contributed by atoms with Gasteiger partial charge in [-0.25, -0.2) is 13.4 Å². The van der Waals surface area contributed by atoms with Crippen molar-refractivity contribution in [3.05, 3.63) is 42.7 Å². The van der Waals surface area contributed by atoms with Gasteiger partial charge in [-0.15, -0.1) is 0 Å². The highest BCUT2D eigenvalue weighted by Gasteiger charge is 2.30. The van der Waals surface area contributed by atoms with Crippen molar-refractivity contribution in [2.24, 2.45) is 17.8 Å². The molecule has 1 saturated heterocycles. The zero-order valence-electron chi connectivity index (χ0n) is 30.8. The summed E-state index contributed by atoms with van der Waals surface area (Å²) in [6.07, 6.45) is 21.5. The van der Waals surface area contributed by atoms with Crippen LogP contribution in [0, 0.1) is 17.8 Å². The van der Waals surface area contributed by atoms with Gasteiger partial charge in [0.1, 0.15) is 27.5 Å². The second-order valence-electron chi connectivity index (χ2n) is 15.5. The number of sulfone groups is 1. The summed E-state index contributed by atoms with van der Waals surface area (Å²) in [5, 5.41) is 4.57. The van der Waals surface area contributed by atoms with Gasteiger partial charge in [0.2, 0.25) is 5.95 Å². The van der Waals surface area contributed by atoms with E-state index < -0.39 is 9.84 Å². The fourth-order valence-electron chi connectivity index (χ4n) is 8.55. The van der Waals surface area contributed by atoms with Crippen molar-refractivity contribution >= 4 is 32.7 Å². The zero-order valence-corrected chi connectivity index (χ0v) is 31.6. The number of fused-ring (bicyclic) bond motifs is 1. The molecule has 2 aromatic heterocycles. The molecule has 0 amide bonds. The Labute approximate surface area is 305 Å². The number of esters is 1. The van der Waals surface area contributed by atoms with E-state index in [9.17, 15) is 13.2 Å². The summed E-state index contributed by atoms with van der Waals surface area (Å²) in [7, 11) is -3.01. The monoisotopic (exact) mass is 721 g/mol. The van der Waals surface area contributed by atoms with E-state index in [1.165, 1.54) is 51.2 Å². The van der Waals surface area contributed by atoms with Gasteiger partial charge in [0.25, 0.3) is 0 Å². The van der Waals surface area contributed by atoms with Gasteiger partial charge in [-0.1, -0.05) is 51.5 Å². The molecule has 1 unspecified atom stereocenters. The summed E-state index contributed by atoms with van der Waals surface area (Å²) in [4.78, 5) is 25.2. The smallest absolute Gasteiger partial charge is 0.309 e. The first-order valence-electron chi connectivity index (χ1n) is 19.7. The number of nitrogens with zero attached hydrogens (tertiary/aromatic N) is 4. The van der Waals surface area contributed by atoms with E-state index >= 15 is 0 Å². The van der Waals surface area contributed by atoms with Crippen molar-refractivity contribution in [1.82, 2.24) is 19.4 Å². The maximum absolute atomic E-state index is 13.2. The highest BCUT2D eigenvalue weighted by Crippen LogP contribution is 2.33. The molecule has 1 aromatic carbocycles. The Morgan fingerprint density at radius 1 is 0.961 bits per heavy atom. The van der Waals surface area contributed by atoms with E-state index in [1.807, 2.05) is 41.1 Å². The van der Waals surface area contributed by atoms with E-state index in [2.05, 4.69) is 22.1 Å². The van der Waals surface area contributed by atoms with Gasteiger partial charge in [-0.2, -0.15) is 4.98 Å². The lowest BCUT2D eigenvalue weighted by Gasteiger charge is -2.37. The molecule has 11 heteroatoms. The number of benzene rings is 1. The Kier molecular flexibility index (Phi) is 13.3. The lowest BCUT2D eigenvalue weighted by atomic mass is 9.82. The van der Waals surface area contributed by atoms with E-state index in [0.29, 0.717) is 36.9 Å². The third-order valence-electron chi connectivity index (χ3n) is 11.3. The largest absolute Gasteiger partial charge is 0.493 e. The zero-order chi connectivity index (χ0) is 35.6. The number of aromatic nitrogens is 3. The molecule has 3 heterocycles. The molecule has 2 saturated carbocycles. The van der Waals surface area contributed by atoms with Crippen LogP contribution in [0.4, 0.5) is 5.95 Å². The van der Waals surface area contributed by atoms with Crippen molar-refractivity contribution < 1.29 is 22.7 Å². The molecule has 2 atom stereocenters. The third kappa shape index (κ3) is 10.9. The Bertz CT molecular complexity index is 1660. The molecule has 1 aliphatic heterocycles. The normalized spacial score (nSPS) is 24.1. The van der Waals surface area contributed by atoms with Crippen LogP contribution in [-0.2, 0) is 19.4 Å². The number of carbonyl (C=O) groups excluding carboxylic acids is 1. The van der Waals surface area contributed by atoms with E-state index in [0.717, 1.165) is 87.1 Å². The summed E-state index contributed by atoms with van der Waals surface area (Å²) in [5.74, 6) is 3.83. The van der Waals surface area contributed by atoms with Crippen molar-refractivity contribution in [2.75, 3.05) is 43.6 Å². The molecule has 0 bridgehead atoms. The maximum atomic E-state index is 13.2. The molecule has 280 valence electrons. The minimum Gasteiger partial charge on any atom is -0.493 e. The molecule has 3 aliphatic rings. The lowest BCUT2D eigenvalue weighted by Crippen LogP contribution is -2.42. The molecule has 3 fully saturated rings. The van der Waals surface area contributed by atoms with Crippen LogP contribution in [0.1, 0.15) is 103 Å². The minimum absolute atomic E-state index is 0.0815. The average molecular weight is 722 g/mol. The highest BCUT2D eigenvalue weighted by molar-refractivity contribution is 7.90. The number of carbonyl (C=O) groups is 1. The molecular formula is C40H59N5O5S. The number of piperidine rings is 1. The quantitative estimate of drug-likeness (QED) is 0.133. The predicted molar refractivity (Wildman–Crippen MR) is 203 cm³/mol.